The Morgan fingerprint density at radius 1 is 0.786 bits per heavy atom. The van der Waals surface area contributed by atoms with Gasteiger partial charge in [0, 0.05) is 22.5 Å². The van der Waals surface area contributed by atoms with Crippen molar-refractivity contribution in [2.24, 2.45) is 0 Å². The lowest BCUT2D eigenvalue weighted by Crippen LogP contribution is -1.98. The summed E-state index contributed by atoms with van der Waals surface area (Å²) < 4.78 is 33.4. The first-order valence-corrected chi connectivity index (χ1v) is 8.50. The molecule has 140 valence electrons. The van der Waals surface area contributed by atoms with Gasteiger partial charge < -0.3 is 4.42 Å². The van der Waals surface area contributed by atoms with Crippen LogP contribution in [-0.2, 0) is 0 Å². The summed E-state index contributed by atoms with van der Waals surface area (Å²) in [5.74, 6) is -0.666. The van der Waals surface area contributed by atoms with Gasteiger partial charge in [0.05, 0.1) is 11.9 Å². The molecule has 0 unspecified atom stereocenters. The predicted molar refractivity (Wildman–Crippen MR) is 98.1 cm³/mol. The standard InChI is InChI=1S/C20H15F2N5O/c1-10-4-6-14(11(2)24-10)15-8-17(25-12(3)18(15)22)20-27-26-19(28-20)16-7-5-13(21)9-23-16/h4-9H,1-3H3. The normalized spacial score (nSPS) is 11.0. The Kier molecular flexibility index (Phi) is 4.38. The minimum atomic E-state index is -0.467. The van der Waals surface area contributed by atoms with Crippen molar-refractivity contribution >= 4 is 0 Å². The van der Waals surface area contributed by atoms with Crippen molar-refractivity contribution in [2.75, 3.05) is 0 Å². The predicted octanol–water partition coefficient (Wildman–Crippen LogP) is 4.46. The summed E-state index contributed by atoms with van der Waals surface area (Å²) in [5.41, 5.74) is 3.43. The third kappa shape index (κ3) is 3.24. The molecule has 0 aliphatic heterocycles. The van der Waals surface area contributed by atoms with Gasteiger partial charge in [-0.05, 0) is 45.0 Å². The van der Waals surface area contributed by atoms with Gasteiger partial charge in [-0.15, -0.1) is 10.2 Å². The van der Waals surface area contributed by atoms with Gasteiger partial charge in [-0.1, -0.05) is 6.07 Å². The highest BCUT2D eigenvalue weighted by Gasteiger charge is 2.19. The molecule has 0 aliphatic rings. The molecule has 8 heteroatoms. The maximum atomic E-state index is 14.8. The first kappa shape index (κ1) is 17.8. The van der Waals surface area contributed by atoms with Crippen LogP contribution in [0.2, 0.25) is 0 Å². The van der Waals surface area contributed by atoms with Crippen LogP contribution in [0, 0.1) is 32.4 Å². The van der Waals surface area contributed by atoms with Crippen molar-refractivity contribution in [1.29, 1.82) is 0 Å². The molecule has 0 saturated carbocycles. The third-order valence-corrected chi connectivity index (χ3v) is 4.23. The van der Waals surface area contributed by atoms with E-state index in [0.29, 0.717) is 28.2 Å². The molecule has 0 aromatic carbocycles. The van der Waals surface area contributed by atoms with E-state index in [1.54, 1.807) is 13.0 Å². The largest absolute Gasteiger partial charge is 0.413 e. The lowest BCUT2D eigenvalue weighted by molar-refractivity contribution is 0.575. The first-order chi connectivity index (χ1) is 13.4. The first-order valence-electron chi connectivity index (χ1n) is 8.50. The second-order valence-corrected chi connectivity index (χ2v) is 6.31. The number of halogens is 2. The molecule has 0 atom stereocenters. The van der Waals surface area contributed by atoms with Crippen molar-refractivity contribution in [3.05, 3.63) is 65.2 Å². The van der Waals surface area contributed by atoms with Gasteiger partial charge in [-0.3, -0.25) is 4.98 Å². The van der Waals surface area contributed by atoms with Gasteiger partial charge in [0.1, 0.15) is 17.2 Å². The van der Waals surface area contributed by atoms with Gasteiger partial charge in [0.2, 0.25) is 0 Å². The van der Waals surface area contributed by atoms with Gasteiger partial charge in [0.15, 0.2) is 5.82 Å². The van der Waals surface area contributed by atoms with Gasteiger partial charge in [-0.25, -0.2) is 18.7 Å². The molecule has 6 nitrogen and oxygen atoms in total. The third-order valence-electron chi connectivity index (χ3n) is 4.23. The Morgan fingerprint density at radius 2 is 1.54 bits per heavy atom. The van der Waals surface area contributed by atoms with Crippen LogP contribution < -0.4 is 0 Å². The molecule has 28 heavy (non-hydrogen) atoms. The summed E-state index contributed by atoms with van der Waals surface area (Å²) >= 11 is 0. The Balaban J connectivity index is 1.79. The molecular weight excluding hydrogens is 364 g/mol. The summed E-state index contributed by atoms with van der Waals surface area (Å²) in [5, 5.41) is 7.90. The minimum Gasteiger partial charge on any atom is -0.413 e. The zero-order chi connectivity index (χ0) is 19.8. The number of rotatable bonds is 3. The molecule has 0 saturated heterocycles. The van der Waals surface area contributed by atoms with E-state index in [1.165, 1.54) is 12.1 Å². The van der Waals surface area contributed by atoms with Crippen LogP contribution in [0.3, 0.4) is 0 Å². The van der Waals surface area contributed by atoms with E-state index < -0.39 is 11.6 Å². The van der Waals surface area contributed by atoms with E-state index in [-0.39, 0.29) is 17.5 Å². The van der Waals surface area contributed by atoms with E-state index in [4.69, 9.17) is 4.42 Å². The fourth-order valence-electron chi connectivity index (χ4n) is 2.87. The zero-order valence-corrected chi connectivity index (χ0v) is 15.4. The molecule has 4 rings (SSSR count). The van der Waals surface area contributed by atoms with Crippen LogP contribution in [-0.4, -0.2) is 25.1 Å². The molecule has 4 aromatic rings. The van der Waals surface area contributed by atoms with Crippen LogP contribution in [0.1, 0.15) is 17.1 Å². The van der Waals surface area contributed by atoms with E-state index in [9.17, 15) is 8.78 Å². The molecule has 0 bridgehead atoms. The Bertz CT molecular complexity index is 1170. The Morgan fingerprint density at radius 3 is 2.21 bits per heavy atom. The van der Waals surface area contributed by atoms with Gasteiger partial charge in [-0.2, -0.15) is 0 Å². The maximum absolute atomic E-state index is 14.8. The lowest BCUT2D eigenvalue weighted by Gasteiger charge is -2.10. The van der Waals surface area contributed by atoms with Crippen molar-refractivity contribution in [1.82, 2.24) is 25.1 Å². The lowest BCUT2D eigenvalue weighted by atomic mass is 10.0. The van der Waals surface area contributed by atoms with Crippen LogP contribution >= 0.6 is 0 Å². The van der Waals surface area contributed by atoms with Gasteiger partial charge >= 0.3 is 0 Å². The maximum Gasteiger partial charge on any atom is 0.266 e. The van der Waals surface area contributed by atoms with Crippen LogP contribution in [0.15, 0.2) is 40.9 Å². The summed E-state index contributed by atoms with van der Waals surface area (Å²) in [6, 6.07) is 7.88. The summed E-state index contributed by atoms with van der Waals surface area (Å²) in [6.45, 7) is 5.26. The molecule has 0 N–H and O–H groups in total. The molecular formula is C20H15F2N5O. The average Bonchev–Trinajstić information content (AvgIpc) is 3.15. The number of pyridine rings is 3. The minimum absolute atomic E-state index is 0.114. The topological polar surface area (TPSA) is 77.6 Å². The van der Waals surface area contributed by atoms with Crippen LogP contribution in [0.4, 0.5) is 8.78 Å². The smallest absolute Gasteiger partial charge is 0.266 e. The summed E-state index contributed by atoms with van der Waals surface area (Å²) in [6.07, 6.45) is 1.06. The molecule has 4 heterocycles. The highest BCUT2D eigenvalue weighted by atomic mass is 19.1. The van der Waals surface area contributed by atoms with Crippen LogP contribution in [0.5, 0.6) is 0 Å². The van der Waals surface area contributed by atoms with E-state index in [1.807, 2.05) is 26.0 Å². The number of nitrogens with zero attached hydrogens (tertiary/aromatic N) is 5. The monoisotopic (exact) mass is 379 g/mol. The SMILES string of the molecule is Cc1ccc(-c2cc(-c3nnc(-c4ccc(F)cn4)o3)nc(C)c2F)c(C)n1. The number of hydrogen-bond donors (Lipinski definition) is 0. The highest BCUT2D eigenvalue weighted by molar-refractivity contribution is 5.71. The van der Waals surface area contributed by atoms with Crippen LogP contribution in [0.25, 0.3) is 34.3 Å². The van der Waals surface area contributed by atoms with E-state index >= 15 is 0 Å². The second-order valence-electron chi connectivity index (χ2n) is 6.31. The fourth-order valence-corrected chi connectivity index (χ4v) is 2.87. The summed E-state index contributed by atoms with van der Waals surface area (Å²) in [4.78, 5) is 12.5. The van der Waals surface area contributed by atoms with E-state index in [0.717, 1.165) is 11.9 Å². The number of aromatic nitrogens is 5. The molecule has 4 aromatic heterocycles. The quantitative estimate of drug-likeness (QED) is 0.523. The highest BCUT2D eigenvalue weighted by Crippen LogP contribution is 2.31. The summed E-state index contributed by atoms with van der Waals surface area (Å²) in [7, 11) is 0. The van der Waals surface area contributed by atoms with Crippen molar-refractivity contribution in [2.45, 2.75) is 20.8 Å². The average molecular weight is 379 g/mol. The Hall–Kier alpha value is -3.55. The number of aryl methyl sites for hydroxylation is 3. The van der Waals surface area contributed by atoms with Crippen molar-refractivity contribution < 1.29 is 13.2 Å². The molecule has 0 radical (unpaired) electrons. The van der Waals surface area contributed by atoms with E-state index in [2.05, 4.69) is 25.1 Å². The number of hydrogen-bond acceptors (Lipinski definition) is 6. The molecule has 0 aliphatic carbocycles. The fraction of sp³-hybridized carbons (Fsp3) is 0.150. The second kappa shape index (κ2) is 6.88. The Labute approximate surface area is 159 Å². The molecule has 0 amide bonds. The molecule has 0 fully saturated rings. The van der Waals surface area contributed by atoms with Crippen molar-refractivity contribution in [3.8, 4) is 34.3 Å². The van der Waals surface area contributed by atoms with Crippen molar-refractivity contribution in [3.63, 3.8) is 0 Å². The van der Waals surface area contributed by atoms with Gasteiger partial charge in [0.25, 0.3) is 11.8 Å². The molecule has 0 spiro atoms. The zero-order valence-electron chi connectivity index (χ0n) is 15.4.